The summed E-state index contributed by atoms with van der Waals surface area (Å²) in [6.07, 6.45) is 0. The van der Waals surface area contributed by atoms with Crippen LogP contribution in [-0.2, 0) is 37.1 Å². The Kier molecular flexibility index (Phi) is 13.2. The maximum Gasteiger partial charge on any atom is 3.00 e. The minimum Gasteiger partial charge on any atom is -0.870 e. The van der Waals surface area contributed by atoms with Crippen LogP contribution in [0, 0.1) is 10.1 Å². The van der Waals surface area contributed by atoms with Crippen LogP contribution < -0.4 is 40.1 Å². The molecule has 163 valence electrons. The fourth-order valence-electron chi connectivity index (χ4n) is 2.03. The van der Waals surface area contributed by atoms with Gasteiger partial charge in [-0.1, -0.05) is 36.1 Å². The summed E-state index contributed by atoms with van der Waals surface area (Å²) in [6.45, 7) is 0.984. The molecule has 0 bridgehead atoms. The van der Waals surface area contributed by atoms with Gasteiger partial charge in [-0.3, -0.25) is 20.3 Å². The predicted molar refractivity (Wildman–Crippen MR) is 98.6 cm³/mol. The molecule has 0 saturated carbocycles. The van der Waals surface area contributed by atoms with Crippen molar-refractivity contribution >= 4 is 44.6 Å². The first-order valence-electron chi connectivity index (χ1n) is 7.62. The van der Waals surface area contributed by atoms with Gasteiger partial charge in [-0.05, 0) is 0 Å². The second-order valence-corrected chi connectivity index (χ2v) is 6.76. The van der Waals surface area contributed by atoms with Crippen molar-refractivity contribution in [2.75, 3.05) is 5.43 Å². The number of hydrazone groups is 1. The molecule has 13 nitrogen and oxygen atoms in total. The SMILES string of the molecule is CC(=O)/C(=N\Nc1cc([N+](=O)[O-])cc(S(=O)(=O)[O-])c1[O-])C(=O)[N-]c1ccccc1.[Cr+3].[Na+].[OH-]. The van der Waals surface area contributed by atoms with Crippen molar-refractivity contribution in [2.24, 2.45) is 5.10 Å². The zero-order valence-corrected chi connectivity index (χ0v) is 20.5. The Balaban J connectivity index is 0. The molecule has 1 radical (unpaired) electrons. The molecule has 16 heteroatoms. The van der Waals surface area contributed by atoms with E-state index in [1.165, 1.54) is 12.1 Å². The Morgan fingerprint density at radius 2 is 1.72 bits per heavy atom. The number of nitrogens with zero attached hydrogens (tertiary/aromatic N) is 3. The van der Waals surface area contributed by atoms with Gasteiger partial charge in [0.1, 0.15) is 16.0 Å². The van der Waals surface area contributed by atoms with E-state index >= 15 is 0 Å². The number of anilines is 1. The summed E-state index contributed by atoms with van der Waals surface area (Å²) in [7, 11) is -5.33. The molecule has 0 aromatic heterocycles. The average Bonchev–Trinajstić information content (AvgIpc) is 2.62. The number of carbonyl (C=O) groups is 2. The first-order valence-corrected chi connectivity index (χ1v) is 9.02. The molecule has 32 heavy (non-hydrogen) atoms. The molecule has 2 rings (SSSR count). The van der Waals surface area contributed by atoms with E-state index in [1.807, 2.05) is 5.43 Å². The van der Waals surface area contributed by atoms with Crippen molar-refractivity contribution in [1.29, 1.82) is 0 Å². The van der Waals surface area contributed by atoms with Gasteiger partial charge in [-0.25, -0.2) is 8.42 Å². The van der Waals surface area contributed by atoms with Crippen LogP contribution in [0.5, 0.6) is 5.75 Å². The summed E-state index contributed by atoms with van der Waals surface area (Å²) in [5, 5.41) is 30.1. The van der Waals surface area contributed by atoms with Crippen LogP contribution in [0.15, 0.2) is 52.5 Å². The monoisotopic (exact) mass is 511 g/mol. The van der Waals surface area contributed by atoms with E-state index in [4.69, 9.17) is 0 Å². The number of nitro benzene ring substituents is 1. The average molecular weight is 511 g/mol. The Bertz CT molecular complexity index is 1130. The molecule has 0 fully saturated rings. The molecule has 0 aliphatic carbocycles. The third kappa shape index (κ3) is 8.30. The number of nitrogens with one attached hydrogen (secondary N) is 1. The Morgan fingerprint density at radius 3 is 2.19 bits per heavy atom. The van der Waals surface area contributed by atoms with E-state index in [2.05, 4.69) is 10.4 Å². The fourth-order valence-corrected chi connectivity index (χ4v) is 2.63. The van der Waals surface area contributed by atoms with Crippen LogP contribution in [0.1, 0.15) is 6.92 Å². The van der Waals surface area contributed by atoms with Gasteiger partial charge in [0.2, 0.25) is 0 Å². The van der Waals surface area contributed by atoms with Crippen molar-refractivity contribution in [3.63, 3.8) is 0 Å². The van der Waals surface area contributed by atoms with E-state index in [0.29, 0.717) is 12.1 Å². The number of amides is 1. The second kappa shape index (κ2) is 13.3. The predicted octanol–water partition coefficient (Wildman–Crippen LogP) is -2.01. The van der Waals surface area contributed by atoms with Gasteiger partial charge in [-0.2, -0.15) is 5.10 Å². The number of non-ortho nitro benzene ring substituents is 1. The number of carbonyl (C=O) groups excluding carboxylic acids is 2. The van der Waals surface area contributed by atoms with Gasteiger partial charge in [0, 0.05) is 19.1 Å². The first-order chi connectivity index (χ1) is 13.5. The zero-order valence-electron chi connectivity index (χ0n) is 16.4. The topological polar surface area (TPSA) is 226 Å². The molecule has 1 amide bonds. The van der Waals surface area contributed by atoms with E-state index in [9.17, 15) is 37.8 Å². The van der Waals surface area contributed by atoms with E-state index < -0.39 is 54.5 Å². The summed E-state index contributed by atoms with van der Waals surface area (Å²) >= 11 is 0. The molecule has 0 aliphatic heterocycles. The molecule has 0 unspecified atom stereocenters. The number of hydrogen-bond donors (Lipinski definition) is 1. The van der Waals surface area contributed by atoms with Crippen LogP contribution in [-0.4, -0.2) is 40.8 Å². The van der Waals surface area contributed by atoms with Crippen molar-refractivity contribution in [3.05, 3.63) is 57.9 Å². The number of nitro groups is 1. The van der Waals surface area contributed by atoms with E-state index in [-0.39, 0.29) is 58.1 Å². The summed E-state index contributed by atoms with van der Waals surface area (Å²) in [5.74, 6) is -3.34. The Labute approximate surface area is 214 Å². The summed E-state index contributed by atoms with van der Waals surface area (Å²) in [5.41, 5.74) is -0.289. The number of Topliss-reactive ketones (excluding diaryl/α,β-unsaturated/α-hetero) is 1. The molecule has 0 atom stereocenters. The van der Waals surface area contributed by atoms with Crippen molar-refractivity contribution in [1.82, 2.24) is 0 Å². The number of rotatable bonds is 7. The molecule has 2 N–H and O–H groups in total. The van der Waals surface area contributed by atoms with Crippen molar-refractivity contribution < 1.29 is 85.0 Å². The quantitative estimate of drug-likeness (QED) is 0.107. The van der Waals surface area contributed by atoms with Gasteiger partial charge < -0.3 is 25.2 Å². The van der Waals surface area contributed by atoms with Crippen LogP contribution in [0.4, 0.5) is 17.1 Å². The minimum absolute atomic E-state index is 0. The van der Waals surface area contributed by atoms with Gasteiger partial charge >= 0.3 is 46.9 Å². The van der Waals surface area contributed by atoms with Crippen LogP contribution in [0.2, 0.25) is 0 Å². The number of hydrogen-bond acceptors (Lipinski definition) is 11. The van der Waals surface area contributed by atoms with Crippen LogP contribution in [0.25, 0.3) is 5.32 Å². The first kappa shape index (κ1) is 31.8. The number of benzene rings is 2. The number of ketones is 1. The van der Waals surface area contributed by atoms with Gasteiger partial charge in [0.15, 0.2) is 11.5 Å². The molecule has 0 spiro atoms. The fraction of sp³-hybridized carbons (Fsp3) is 0.0625. The van der Waals surface area contributed by atoms with E-state index in [1.54, 1.807) is 18.2 Å². The largest absolute Gasteiger partial charge is 3.00 e. The zero-order chi connectivity index (χ0) is 21.8. The molecule has 0 aliphatic rings. The van der Waals surface area contributed by atoms with Crippen molar-refractivity contribution in [2.45, 2.75) is 11.8 Å². The van der Waals surface area contributed by atoms with Gasteiger partial charge in [0.25, 0.3) is 5.69 Å². The summed E-state index contributed by atoms with van der Waals surface area (Å²) < 4.78 is 33.5. The molecule has 2 aromatic rings. The summed E-state index contributed by atoms with van der Waals surface area (Å²) in [6, 6.07) is 8.72. The normalized spacial score (nSPS) is 10.5. The van der Waals surface area contributed by atoms with Crippen molar-refractivity contribution in [3.8, 4) is 5.75 Å². The van der Waals surface area contributed by atoms with E-state index in [0.717, 1.165) is 6.92 Å². The van der Waals surface area contributed by atoms with Crippen LogP contribution >= 0.6 is 0 Å². The van der Waals surface area contributed by atoms with Gasteiger partial charge in [-0.15, -0.1) is 5.69 Å². The third-order valence-corrected chi connectivity index (χ3v) is 4.17. The molecule has 0 heterocycles. The summed E-state index contributed by atoms with van der Waals surface area (Å²) in [4.78, 5) is 32.4. The molecular formula is C16H12CrN4NaO9S. The minimum atomic E-state index is -5.33. The molecule has 0 saturated heterocycles. The maximum absolute atomic E-state index is 12.2. The molecule has 2 aromatic carbocycles. The Morgan fingerprint density at radius 1 is 1.16 bits per heavy atom. The molecular weight excluding hydrogens is 499 g/mol. The van der Waals surface area contributed by atoms with Crippen LogP contribution in [0.3, 0.4) is 0 Å². The third-order valence-electron chi connectivity index (χ3n) is 3.33. The second-order valence-electron chi connectivity index (χ2n) is 5.41. The Hall–Kier alpha value is -2.35. The smallest absolute Gasteiger partial charge is 0.870 e. The van der Waals surface area contributed by atoms with Gasteiger partial charge in [0.05, 0.1) is 15.5 Å². The standard InChI is InChI=1S/C16H14N4O8S.Cr.Na.H2O/c1-9(21)14(16(23)17-10-5-3-2-4-6-10)19-18-12-7-11(20(24)25)8-13(15(12)22)29(26,27)28;;;/h2-8H,1H3,(H4,17,18,19,21,22,23,26,27,28);;;1H2/q;+3;+1;/p-4. The maximum atomic E-state index is 12.2. The number of para-hydroxylation sites is 1.